The van der Waals surface area contributed by atoms with Gasteiger partial charge in [-0.25, -0.2) is 0 Å². The Morgan fingerprint density at radius 2 is 0.922 bits per heavy atom. The molecule has 586 valence electrons. The van der Waals surface area contributed by atoms with Crippen molar-refractivity contribution in [3.05, 3.63) is 24.3 Å². The third-order valence-corrected chi connectivity index (χ3v) is 25.3. The van der Waals surface area contributed by atoms with Crippen LogP contribution in [0.3, 0.4) is 0 Å². The fourth-order valence-corrected chi connectivity index (χ4v) is 21.3. The summed E-state index contributed by atoms with van der Waals surface area (Å²) < 4.78 is 81.9. The van der Waals surface area contributed by atoms with Gasteiger partial charge in [-0.3, -0.25) is 65.7 Å². The van der Waals surface area contributed by atoms with Gasteiger partial charge in [0.25, 0.3) is 0 Å². The molecule has 6 N–H and O–H groups in total. The summed E-state index contributed by atoms with van der Waals surface area (Å²) in [6, 6.07) is 0. The predicted octanol–water partition coefficient (Wildman–Crippen LogP) is 3.69. The number of aliphatic carboxylic acids is 3. The highest BCUT2D eigenvalue weighted by Gasteiger charge is 2.69. The molecule has 10 aliphatic rings. The van der Waals surface area contributed by atoms with E-state index in [0.29, 0.717) is 32.1 Å². The summed E-state index contributed by atoms with van der Waals surface area (Å²) in [5.74, 6) is -7.27. The Kier molecular flexibility index (Phi) is 30.1. The highest BCUT2D eigenvalue weighted by atomic mass is 32.2. The SMILES string of the molecule is C=C1C2CCC3C4(C)CC(O[C@@H]5O[C@@H](CO)[C@@H](OSOO[O-])[C@H](OSOO[O-])C5OC(=O)CC(C)C)CC(C(=O)O)C4CCC3(C2)[C@H]1O.C=C1C2CCC3C4(C)CC(O[C@@H]5O[C@@H](COC(=O)CCC(=O)O)[C@@H](OSOO[O-])[C@H](OSOO[O-])C5OC(=O)CC(C)C)CC(C(=O)O)C4CCC3(C2)[C@H]1O. The number of carbonyl (C=O) groups is 6. The van der Waals surface area contributed by atoms with Crippen LogP contribution in [0.15, 0.2) is 24.3 Å². The fourth-order valence-electron chi connectivity index (χ4n) is 19.8. The molecule has 8 aliphatic carbocycles. The molecule has 2 heterocycles. The van der Waals surface area contributed by atoms with Crippen LogP contribution in [0, 0.1) is 80.8 Å². The minimum atomic E-state index is -1.55. The number of carbonyl (C=O) groups excluding carboxylic acids is 3. The van der Waals surface area contributed by atoms with Gasteiger partial charge in [0, 0.05) is 23.7 Å². The lowest BCUT2D eigenvalue weighted by Gasteiger charge is -2.62. The smallest absolute Gasteiger partial charge is 0.306 e. The summed E-state index contributed by atoms with van der Waals surface area (Å²) in [6.07, 6.45) is -9.61. The highest BCUT2D eigenvalue weighted by molar-refractivity contribution is 7.90. The molecule has 0 aromatic carbocycles. The van der Waals surface area contributed by atoms with Crippen molar-refractivity contribution in [2.75, 3.05) is 13.2 Å². The van der Waals surface area contributed by atoms with Gasteiger partial charge in [0.2, 0.25) is 0 Å². The largest absolute Gasteiger partial charge is 0.691 e. The van der Waals surface area contributed by atoms with Crippen LogP contribution in [0.2, 0.25) is 0 Å². The van der Waals surface area contributed by atoms with Gasteiger partial charge in [0.05, 0.1) is 55.7 Å². The first kappa shape index (κ1) is 83.8. The van der Waals surface area contributed by atoms with Crippen LogP contribution in [0.1, 0.15) is 157 Å². The summed E-state index contributed by atoms with van der Waals surface area (Å²) >= 11 is 0.249. The van der Waals surface area contributed by atoms with Crippen LogP contribution in [-0.4, -0.2) is 165 Å². The maximum atomic E-state index is 13.2. The average Bonchev–Trinajstić information content (AvgIpc) is 1.60. The third-order valence-electron chi connectivity index (χ3n) is 23.7. The van der Waals surface area contributed by atoms with Crippen molar-refractivity contribution in [1.29, 1.82) is 0 Å². The van der Waals surface area contributed by atoms with E-state index in [9.17, 15) is 75.3 Å². The number of carboxylic acid groups (broad SMARTS) is 3. The molecule has 4 bridgehead atoms. The van der Waals surface area contributed by atoms with E-state index in [0.717, 1.165) is 56.1 Å². The second-order valence-electron chi connectivity index (χ2n) is 30.1. The van der Waals surface area contributed by atoms with Crippen LogP contribution < -0.4 is 21.0 Å². The molecule has 2 spiro atoms. The first-order valence-corrected chi connectivity index (χ1v) is 37.0. The number of hydrogen-bond acceptors (Lipinski definition) is 36. The van der Waals surface area contributed by atoms with Crippen molar-refractivity contribution in [3.8, 4) is 0 Å². The van der Waals surface area contributed by atoms with E-state index in [-0.39, 0.29) is 128 Å². The maximum absolute atomic E-state index is 13.2. The first-order valence-electron chi connectivity index (χ1n) is 34.4. The molecule has 26 atom stereocenters. The van der Waals surface area contributed by atoms with Crippen LogP contribution in [0.25, 0.3) is 0 Å². The number of fused-ring (bicyclic) bond motifs is 6. The number of ether oxygens (including phenoxy) is 7. The Balaban J connectivity index is 0.000000241. The second kappa shape index (κ2) is 37.0. The molecule has 35 nitrogen and oxygen atoms in total. The zero-order valence-electron chi connectivity index (χ0n) is 57.6. The Morgan fingerprint density at radius 3 is 1.29 bits per heavy atom. The molecule has 0 aromatic rings. The minimum Gasteiger partial charge on any atom is -0.691 e. The standard InChI is InChI=1S/C34H50O19S2.C30H46O16S2/c1-16(2)11-26(38)47-29-28(49-55-53-51-43)27(48-54-52-50-42)22(15-44-25(37)8-7-24(35)36)46-32(29)45-19-12-20(31(40)41)21-9-10-34-13-18(17(3)30(34)39)5-6-23(34)33(21,4)14-19;1-14(2)9-22(32)40-25-24(42-48-46-44-37)23(41-47-45-43-36)20(13-31)39-28(25)38-17-10-18(27(34)35)19-7-8-30-11-16(15(3)26(30)33)5-6-21(30)29(19,4)12-17/h16,18-23,27-30,32,39,42-43H,3,5-15H2,1-2,4H3,(H,35,36)(H,40,41);14,16-21,23-26,28,31,33,36-37H,3,5-13H2,1-2,4H3,(H,34,35)/p-4/t18?,19?,20?,21?,22-,23?,27+,28-,29?,30-,32+,33?,34?;16?,17?,18?,19?,20-,21?,23+,24-,25?,26-,28+,29?,30?/m00/s1. The number of carboxylic acids is 3. The lowest BCUT2D eigenvalue weighted by Crippen LogP contribution is -2.63. The summed E-state index contributed by atoms with van der Waals surface area (Å²) in [5.41, 5.74) is -0.268. The maximum Gasteiger partial charge on any atom is 0.306 e. The van der Waals surface area contributed by atoms with E-state index in [1.807, 2.05) is 13.8 Å². The molecule has 16 unspecified atom stereocenters. The number of hydrogen-bond donors (Lipinski definition) is 6. The highest BCUT2D eigenvalue weighted by Crippen LogP contribution is 2.73. The number of aliphatic hydroxyl groups is 3. The molecular weight excluding hydrogens is 1460 g/mol. The summed E-state index contributed by atoms with van der Waals surface area (Å²) in [4.78, 5) is 75.6. The van der Waals surface area contributed by atoms with E-state index < -0.39 is 176 Å². The van der Waals surface area contributed by atoms with Crippen LogP contribution in [-0.2, 0) is 116 Å². The van der Waals surface area contributed by atoms with Gasteiger partial charge < -0.3 is 84.8 Å². The van der Waals surface area contributed by atoms with Crippen molar-refractivity contribution in [2.24, 2.45) is 80.8 Å². The minimum absolute atomic E-state index is 0.00271. The number of esters is 3. The summed E-state index contributed by atoms with van der Waals surface area (Å²) in [5, 5.41) is 119. The van der Waals surface area contributed by atoms with Crippen molar-refractivity contribution in [2.45, 2.75) is 243 Å². The van der Waals surface area contributed by atoms with E-state index in [4.69, 9.17) is 55.0 Å². The monoisotopic (exact) mass is 1550 g/mol. The van der Waals surface area contributed by atoms with Gasteiger partial charge in [0.1, 0.15) is 43.2 Å². The zero-order chi connectivity index (χ0) is 74.9. The lowest BCUT2D eigenvalue weighted by molar-refractivity contribution is -0.778. The topological polar surface area (TPSA) is 491 Å². The molecule has 8 saturated carbocycles. The summed E-state index contributed by atoms with van der Waals surface area (Å²) in [7, 11) is 0. The molecule has 10 rings (SSSR count). The van der Waals surface area contributed by atoms with Gasteiger partial charge in [0.15, 0.2) is 74.1 Å². The third kappa shape index (κ3) is 18.6. The Bertz CT molecular complexity index is 2900. The van der Waals surface area contributed by atoms with Gasteiger partial charge in [-0.05, 0) is 159 Å². The Hall–Kier alpha value is -3.22. The number of aliphatic hydroxyl groups excluding tert-OH is 3. The molecule has 0 aromatic heterocycles. The van der Waals surface area contributed by atoms with Gasteiger partial charge >= 0.3 is 35.8 Å². The van der Waals surface area contributed by atoms with Crippen molar-refractivity contribution in [3.63, 3.8) is 0 Å². The molecular formula is C64H92O35S4-4. The van der Waals surface area contributed by atoms with Gasteiger partial charge in [-0.15, -0.1) is 17.3 Å². The molecule has 2 saturated heterocycles. The van der Waals surface area contributed by atoms with Gasteiger partial charge in [-0.1, -0.05) is 54.7 Å². The molecule has 10 fully saturated rings. The van der Waals surface area contributed by atoms with Gasteiger partial charge in [-0.2, -0.15) is 0 Å². The van der Waals surface area contributed by atoms with Crippen LogP contribution >= 0.6 is 49.3 Å². The van der Waals surface area contributed by atoms with E-state index in [1.54, 1.807) is 13.8 Å². The normalized spacial score (nSPS) is 40.1. The number of rotatable bonds is 34. The molecule has 0 amide bonds. The molecule has 39 heteroatoms. The van der Waals surface area contributed by atoms with Crippen molar-refractivity contribution >= 4 is 85.1 Å². The predicted molar refractivity (Wildman–Crippen MR) is 338 cm³/mol. The van der Waals surface area contributed by atoms with Crippen LogP contribution in [0.5, 0.6) is 0 Å². The van der Waals surface area contributed by atoms with E-state index in [2.05, 4.69) is 64.5 Å². The fraction of sp³-hybridized carbons (Fsp3) is 0.844. The molecule has 2 aliphatic heterocycles. The zero-order valence-corrected chi connectivity index (χ0v) is 60.8. The molecule has 103 heavy (non-hydrogen) atoms. The quantitative estimate of drug-likeness (QED) is 0.00782. The van der Waals surface area contributed by atoms with Crippen LogP contribution in [0.4, 0.5) is 0 Å². The van der Waals surface area contributed by atoms with Crippen molar-refractivity contribution in [1.82, 2.24) is 0 Å². The van der Waals surface area contributed by atoms with E-state index in [1.165, 1.54) is 0 Å². The first-order chi connectivity index (χ1) is 49.0. The summed E-state index contributed by atoms with van der Waals surface area (Å²) in [6.45, 7) is 18.5. The van der Waals surface area contributed by atoms with Crippen molar-refractivity contribution < 1.29 is 168 Å². The molecule has 0 radical (unpaired) electrons. The average molecular weight is 1550 g/mol. The lowest BCUT2D eigenvalue weighted by atomic mass is 9.43. The Morgan fingerprint density at radius 1 is 0.534 bits per heavy atom. The Labute approximate surface area is 611 Å². The second-order valence-corrected chi connectivity index (χ2v) is 31.9. The van der Waals surface area contributed by atoms with E-state index >= 15 is 0 Å².